The molecule has 3 N–H and O–H groups in total. The van der Waals surface area contributed by atoms with E-state index in [-0.39, 0.29) is 11.8 Å². The highest BCUT2D eigenvalue weighted by Gasteiger charge is 2.26. The summed E-state index contributed by atoms with van der Waals surface area (Å²) in [4.78, 5) is 26.6. The number of nitrogens with two attached hydrogens (primary N) is 1. The first kappa shape index (κ1) is 32.6. The Labute approximate surface area is 240 Å². The van der Waals surface area contributed by atoms with Gasteiger partial charge >= 0.3 is 0 Å². The van der Waals surface area contributed by atoms with E-state index < -0.39 is 0 Å². The molecule has 1 heterocycles. The van der Waals surface area contributed by atoms with Crippen molar-refractivity contribution in [1.82, 2.24) is 4.90 Å². The van der Waals surface area contributed by atoms with Crippen molar-refractivity contribution in [2.45, 2.75) is 66.7 Å². The number of ether oxygens (including phenoxy) is 2. The predicted octanol–water partition coefficient (Wildman–Crippen LogP) is 6.56. The summed E-state index contributed by atoms with van der Waals surface area (Å²) in [5.41, 5.74) is 13.3. The number of allylic oxidation sites excluding steroid dienone is 2. The molecule has 0 saturated carbocycles. The van der Waals surface area contributed by atoms with Crippen LogP contribution in [0.4, 0.5) is 11.4 Å². The van der Waals surface area contributed by atoms with Gasteiger partial charge in [-0.1, -0.05) is 64.5 Å². The number of hydrogen-bond acceptors (Lipinski definition) is 5. The van der Waals surface area contributed by atoms with E-state index >= 15 is 0 Å². The zero-order valence-corrected chi connectivity index (χ0v) is 25.2. The van der Waals surface area contributed by atoms with Crippen LogP contribution in [-0.4, -0.2) is 50.1 Å². The van der Waals surface area contributed by atoms with E-state index in [9.17, 15) is 9.59 Å². The van der Waals surface area contributed by atoms with Crippen molar-refractivity contribution in [3.63, 3.8) is 0 Å². The summed E-state index contributed by atoms with van der Waals surface area (Å²) in [7, 11) is 1.55. The minimum atomic E-state index is -0.0612. The zero-order valence-electron chi connectivity index (χ0n) is 25.2. The van der Waals surface area contributed by atoms with Gasteiger partial charge in [0.15, 0.2) is 0 Å². The van der Waals surface area contributed by atoms with E-state index in [0.29, 0.717) is 49.8 Å². The van der Waals surface area contributed by atoms with Crippen molar-refractivity contribution in [3.8, 4) is 5.75 Å². The maximum atomic E-state index is 13.5. The third kappa shape index (κ3) is 8.98. The average Bonchev–Trinajstić information content (AvgIpc) is 2.96. The molecule has 0 atom stereocenters. The van der Waals surface area contributed by atoms with Gasteiger partial charge in [-0.3, -0.25) is 9.59 Å². The molecule has 7 nitrogen and oxygen atoms in total. The molecule has 1 aliphatic rings. The highest BCUT2D eigenvalue weighted by molar-refractivity contribution is 6.21. The number of hydrogen-bond donors (Lipinski definition) is 2. The van der Waals surface area contributed by atoms with E-state index in [1.54, 1.807) is 32.2 Å². The fraction of sp³-hybridized carbons (Fsp3) is 0.455. The van der Waals surface area contributed by atoms with Crippen molar-refractivity contribution in [3.05, 3.63) is 70.8 Å². The minimum absolute atomic E-state index is 0.0612. The molecule has 0 radical (unpaired) electrons. The number of nitrogens with one attached hydrogen (secondary N) is 1. The largest absolute Gasteiger partial charge is 0.495 e. The van der Waals surface area contributed by atoms with Crippen molar-refractivity contribution in [1.29, 1.82) is 0 Å². The van der Waals surface area contributed by atoms with Crippen LogP contribution >= 0.6 is 0 Å². The third-order valence-electron chi connectivity index (χ3n) is 6.93. The van der Waals surface area contributed by atoms with Crippen LogP contribution in [0.3, 0.4) is 0 Å². The van der Waals surface area contributed by atoms with Gasteiger partial charge in [0.25, 0.3) is 5.91 Å². The molecule has 40 heavy (non-hydrogen) atoms. The van der Waals surface area contributed by atoms with Crippen LogP contribution in [0, 0.1) is 6.92 Å². The Balaban J connectivity index is 0.000000337. The molecular weight excluding hydrogens is 502 g/mol. The lowest BCUT2D eigenvalue weighted by Crippen LogP contribution is -2.41. The van der Waals surface area contributed by atoms with Gasteiger partial charge < -0.3 is 25.4 Å². The number of rotatable bonds is 10. The lowest BCUT2D eigenvalue weighted by atomic mass is 9.88. The van der Waals surface area contributed by atoms with Crippen LogP contribution in [0.25, 0.3) is 5.57 Å². The molecule has 3 rings (SSSR count). The lowest BCUT2D eigenvalue weighted by Gasteiger charge is -2.29. The van der Waals surface area contributed by atoms with Crippen LogP contribution in [0.1, 0.15) is 70.1 Å². The molecule has 218 valence electrons. The smallest absolute Gasteiger partial charge is 0.254 e. The van der Waals surface area contributed by atoms with Crippen molar-refractivity contribution < 1.29 is 19.1 Å². The fourth-order valence-corrected chi connectivity index (χ4v) is 4.68. The predicted molar refractivity (Wildman–Crippen MR) is 166 cm³/mol. The van der Waals surface area contributed by atoms with Crippen molar-refractivity contribution in [2.24, 2.45) is 0 Å². The van der Waals surface area contributed by atoms with Crippen molar-refractivity contribution >= 4 is 28.8 Å². The molecule has 2 amide bonds. The summed E-state index contributed by atoms with van der Waals surface area (Å²) < 4.78 is 10.5. The van der Waals surface area contributed by atoms with Gasteiger partial charge in [0.05, 0.1) is 31.6 Å². The third-order valence-corrected chi connectivity index (χ3v) is 6.93. The monoisotopic (exact) mass is 549 g/mol. The highest BCUT2D eigenvalue weighted by Crippen LogP contribution is 2.32. The average molecular weight is 550 g/mol. The van der Waals surface area contributed by atoms with Gasteiger partial charge in [-0.05, 0) is 66.6 Å². The number of nitrogens with zero attached hydrogens (tertiary/aromatic N) is 1. The first-order valence-corrected chi connectivity index (χ1v) is 14.3. The molecule has 0 aliphatic carbocycles. The normalized spacial score (nSPS) is 13.5. The second-order valence-electron chi connectivity index (χ2n) is 9.83. The number of nitrogen functional groups attached to an aromatic ring is 1. The second-order valence-corrected chi connectivity index (χ2v) is 9.83. The van der Waals surface area contributed by atoms with E-state index in [4.69, 9.17) is 15.2 Å². The Morgan fingerprint density at radius 1 is 1.05 bits per heavy atom. The SMILES string of the molecule is C=C(CCC)/C(CC)=C(/C(=O)N1CCOCC1)c1ccc(CC)cc1C.CCC(=O)Nc1cc(N)ccc1OC. The Hall–Kier alpha value is -3.58. The Kier molecular flexibility index (Phi) is 13.5. The Morgan fingerprint density at radius 3 is 2.30 bits per heavy atom. The standard InChI is InChI=1S/C23H33NO2.C10H14N2O2/c1-6-9-17(4)20(8-3)22(23(25)24-12-14-26-15-13-24)21-11-10-19(7-2)16-18(21)5;1-3-10(13)12-8-6-7(11)4-5-9(8)14-2/h10-11,16H,4,6-9,12-15H2,1-3,5H3;4-6H,3,11H2,1-2H3,(H,12,13)/b22-20+;. The molecule has 1 fully saturated rings. The highest BCUT2D eigenvalue weighted by atomic mass is 16.5. The summed E-state index contributed by atoms with van der Waals surface area (Å²) in [5, 5.41) is 2.71. The number of carbonyl (C=O) groups is 2. The first-order chi connectivity index (χ1) is 19.2. The van der Waals surface area contributed by atoms with Gasteiger partial charge in [-0.2, -0.15) is 0 Å². The summed E-state index contributed by atoms with van der Waals surface area (Å²) in [6.07, 6.45) is 4.21. The van der Waals surface area contributed by atoms with Crippen LogP contribution in [0.5, 0.6) is 5.75 Å². The maximum absolute atomic E-state index is 13.5. The minimum Gasteiger partial charge on any atom is -0.495 e. The van der Waals surface area contributed by atoms with Crippen LogP contribution in [0.15, 0.2) is 54.1 Å². The number of anilines is 2. The molecule has 0 bridgehead atoms. The van der Waals surface area contributed by atoms with Gasteiger partial charge in [0.1, 0.15) is 5.75 Å². The molecule has 2 aromatic rings. The zero-order chi connectivity index (χ0) is 29.7. The van der Waals surface area contributed by atoms with Gasteiger partial charge in [0.2, 0.25) is 5.91 Å². The molecule has 7 heteroatoms. The van der Waals surface area contributed by atoms with E-state index in [1.807, 2.05) is 4.90 Å². The lowest BCUT2D eigenvalue weighted by molar-refractivity contribution is -0.129. The molecule has 1 aliphatic heterocycles. The number of morpholine rings is 1. The summed E-state index contributed by atoms with van der Waals surface area (Å²) in [5.74, 6) is 0.671. The van der Waals surface area contributed by atoms with Gasteiger partial charge in [-0.25, -0.2) is 0 Å². The van der Waals surface area contributed by atoms with E-state index in [0.717, 1.165) is 53.5 Å². The van der Waals surface area contributed by atoms with Crippen LogP contribution in [-0.2, 0) is 20.7 Å². The number of benzene rings is 2. The molecule has 0 aromatic heterocycles. The fourth-order valence-electron chi connectivity index (χ4n) is 4.68. The molecule has 0 spiro atoms. The summed E-state index contributed by atoms with van der Waals surface area (Å²) in [6.45, 7) is 17.2. The molecule has 0 unspecified atom stereocenters. The molecule has 2 aromatic carbocycles. The van der Waals surface area contributed by atoms with Gasteiger partial charge in [0, 0.05) is 25.2 Å². The second kappa shape index (κ2) is 16.5. The van der Waals surface area contributed by atoms with Crippen molar-refractivity contribution in [2.75, 3.05) is 44.5 Å². The topological polar surface area (TPSA) is 93.9 Å². The summed E-state index contributed by atoms with van der Waals surface area (Å²) >= 11 is 0. The van der Waals surface area contributed by atoms with E-state index in [2.05, 4.69) is 57.8 Å². The maximum Gasteiger partial charge on any atom is 0.254 e. The quantitative estimate of drug-likeness (QED) is 0.199. The Bertz CT molecular complexity index is 1200. The van der Waals surface area contributed by atoms with E-state index in [1.165, 1.54) is 5.56 Å². The van der Waals surface area contributed by atoms with Gasteiger partial charge in [-0.15, -0.1) is 0 Å². The number of methoxy groups -OCH3 is 1. The number of aryl methyl sites for hydroxylation is 2. The van der Waals surface area contributed by atoms with Crippen LogP contribution < -0.4 is 15.8 Å². The first-order valence-electron chi connectivity index (χ1n) is 14.3. The molecular formula is C33H47N3O4. The molecule has 1 saturated heterocycles. The summed E-state index contributed by atoms with van der Waals surface area (Å²) in [6, 6.07) is 11.6. The van der Waals surface area contributed by atoms with Crippen LogP contribution in [0.2, 0.25) is 0 Å². The number of carbonyl (C=O) groups excluding carboxylic acids is 2. The Morgan fingerprint density at radius 2 is 1.75 bits per heavy atom. The number of amides is 2.